The highest BCUT2D eigenvalue weighted by Crippen LogP contribution is 2.15. The van der Waals surface area contributed by atoms with Gasteiger partial charge in [0.1, 0.15) is 12.1 Å². The second kappa shape index (κ2) is 15.8. The van der Waals surface area contributed by atoms with E-state index >= 15 is 0 Å². The predicted molar refractivity (Wildman–Crippen MR) is 158 cm³/mol. The van der Waals surface area contributed by atoms with E-state index in [2.05, 4.69) is 38.2 Å². The lowest BCUT2D eigenvalue weighted by Gasteiger charge is -2.29. The van der Waals surface area contributed by atoms with E-state index in [1.165, 1.54) is 31.5 Å². The molecule has 11 heteroatoms. The first-order valence-electron chi connectivity index (χ1n) is 14.4. The van der Waals surface area contributed by atoms with Crippen LogP contribution in [-0.2, 0) is 25.6 Å². The molecule has 0 saturated carbocycles. The lowest BCUT2D eigenvalue weighted by molar-refractivity contribution is -0.141. The monoisotopic (exact) mass is 578 g/mol. The van der Waals surface area contributed by atoms with Crippen molar-refractivity contribution >= 4 is 29.4 Å². The molecule has 0 bridgehead atoms. The lowest BCUT2D eigenvalue weighted by Crippen LogP contribution is -2.57. The molecule has 0 radical (unpaired) electrons. The standard InChI is InChI=1S/C31H42N6O5/c1-20(2)26(27(38)31(42)33-19-23-12-16-37(4)17-13-23)36-28(39)21(3)34-30(41)25(18-22-8-6-5-7-9-22)35-29(40)24-10-14-32-15-11-24/h5-11,14-15,20-21,23,25-26H,12-13,16-19H2,1-4H3,(H,33,42)(H,34,41)(H,35,40)(H,36,39). The van der Waals surface area contributed by atoms with Gasteiger partial charge in [-0.25, -0.2) is 0 Å². The Morgan fingerprint density at radius 1 is 0.881 bits per heavy atom. The maximum atomic E-state index is 13.3. The molecule has 1 saturated heterocycles. The summed E-state index contributed by atoms with van der Waals surface area (Å²) in [4.78, 5) is 71.0. The van der Waals surface area contributed by atoms with Gasteiger partial charge in [0, 0.05) is 30.9 Å². The van der Waals surface area contributed by atoms with Crippen LogP contribution in [0.3, 0.4) is 0 Å². The molecule has 1 aliphatic heterocycles. The normalized spacial score (nSPS) is 16.1. The predicted octanol–water partition coefficient (Wildman–Crippen LogP) is 1.10. The summed E-state index contributed by atoms with van der Waals surface area (Å²) in [6.45, 7) is 7.27. The number of likely N-dealkylation sites (tertiary alicyclic amines) is 1. The quantitative estimate of drug-likeness (QED) is 0.260. The number of amides is 4. The number of aromatic nitrogens is 1. The van der Waals surface area contributed by atoms with Crippen molar-refractivity contribution in [2.75, 3.05) is 26.7 Å². The molecule has 2 aromatic rings. The maximum absolute atomic E-state index is 13.3. The van der Waals surface area contributed by atoms with Crippen molar-refractivity contribution < 1.29 is 24.0 Å². The molecule has 1 aliphatic rings. The summed E-state index contributed by atoms with van der Waals surface area (Å²) in [5.74, 6) is -3.14. The Morgan fingerprint density at radius 2 is 1.52 bits per heavy atom. The number of pyridine rings is 1. The Morgan fingerprint density at radius 3 is 2.14 bits per heavy atom. The SMILES string of the molecule is CC(NC(=O)C(Cc1ccccc1)NC(=O)c1ccncc1)C(=O)NC(C(=O)C(=O)NCC1CCN(C)CC1)C(C)C. The molecular formula is C31H42N6O5. The second-order valence-electron chi connectivity index (χ2n) is 11.2. The Kier molecular flexibility index (Phi) is 12.2. The molecule has 1 aromatic heterocycles. The first kappa shape index (κ1) is 32.4. The van der Waals surface area contributed by atoms with Gasteiger partial charge < -0.3 is 26.2 Å². The third kappa shape index (κ3) is 9.76. The first-order valence-corrected chi connectivity index (χ1v) is 14.4. The van der Waals surface area contributed by atoms with Gasteiger partial charge in [-0.2, -0.15) is 0 Å². The molecule has 1 fully saturated rings. The highest BCUT2D eigenvalue weighted by molar-refractivity contribution is 6.38. The minimum absolute atomic E-state index is 0.197. The van der Waals surface area contributed by atoms with E-state index in [4.69, 9.17) is 0 Å². The zero-order valence-corrected chi connectivity index (χ0v) is 24.8. The molecular weight excluding hydrogens is 536 g/mol. The number of rotatable bonds is 13. The summed E-state index contributed by atoms with van der Waals surface area (Å²) >= 11 is 0. The largest absolute Gasteiger partial charge is 0.349 e. The van der Waals surface area contributed by atoms with Crippen molar-refractivity contribution in [3.8, 4) is 0 Å². The molecule has 0 aliphatic carbocycles. The van der Waals surface area contributed by atoms with E-state index in [0.29, 0.717) is 18.0 Å². The number of piperidine rings is 1. The van der Waals surface area contributed by atoms with Crippen LogP contribution in [0.25, 0.3) is 0 Å². The summed E-state index contributed by atoms with van der Waals surface area (Å²) in [6, 6.07) is 9.20. The van der Waals surface area contributed by atoms with Gasteiger partial charge in [-0.3, -0.25) is 29.0 Å². The number of carbonyl (C=O) groups is 5. The van der Waals surface area contributed by atoms with Gasteiger partial charge in [-0.15, -0.1) is 0 Å². The zero-order valence-electron chi connectivity index (χ0n) is 24.8. The minimum Gasteiger partial charge on any atom is -0.349 e. The average molecular weight is 579 g/mol. The van der Waals surface area contributed by atoms with Crippen LogP contribution in [0.4, 0.5) is 0 Å². The molecule has 42 heavy (non-hydrogen) atoms. The molecule has 4 amide bonds. The second-order valence-corrected chi connectivity index (χ2v) is 11.2. The lowest BCUT2D eigenvalue weighted by atomic mass is 9.96. The maximum Gasteiger partial charge on any atom is 0.289 e. The van der Waals surface area contributed by atoms with Gasteiger partial charge in [0.2, 0.25) is 17.6 Å². The van der Waals surface area contributed by atoms with Gasteiger partial charge in [-0.05, 0) is 69.4 Å². The van der Waals surface area contributed by atoms with Crippen LogP contribution in [-0.4, -0.2) is 84.1 Å². The zero-order chi connectivity index (χ0) is 30.6. The summed E-state index contributed by atoms with van der Waals surface area (Å²) in [5.41, 5.74) is 1.16. The molecule has 0 spiro atoms. The van der Waals surface area contributed by atoms with Crippen molar-refractivity contribution in [1.82, 2.24) is 31.2 Å². The Bertz CT molecular complexity index is 1210. The number of carbonyl (C=O) groups excluding carboxylic acids is 5. The molecule has 226 valence electrons. The molecule has 4 N–H and O–H groups in total. The summed E-state index contributed by atoms with van der Waals surface area (Å²) < 4.78 is 0. The number of benzene rings is 1. The van der Waals surface area contributed by atoms with Crippen LogP contribution in [0, 0.1) is 11.8 Å². The molecule has 3 unspecified atom stereocenters. The van der Waals surface area contributed by atoms with Gasteiger partial charge in [0.25, 0.3) is 11.8 Å². The number of nitrogens with zero attached hydrogens (tertiary/aromatic N) is 2. The summed E-state index contributed by atoms with van der Waals surface area (Å²) in [7, 11) is 2.06. The van der Waals surface area contributed by atoms with Crippen molar-refractivity contribution in [3.05, 3.63) is 66.0 Å². The van der Waals surface area contributed by atoms with E-state index in [0.717, 1.165) is 31.5 Å². The molecule has 3 rings (SSSR count). The Labute approximate surface area is 247 Å². The summed E-state index contributed by atoms with van der Waals surface area (Å²) in [6.07, 6.45) is 5.05. The fraction of sp³-hybridized carbons (Fsp3) is 0.484. The highest BCUT2D eigenvalue weighted by atomic mass is 16.2. The van der Waals surface area contributed by atoms with Gasteiger partial charge >= 0.3 is 0 Å². The van der Waals surface area contributed by atoms with Crippen molar-refractivity contribution in [2.45, 2.75) is 58.2 Å². The Balaban J connectivity index is 1.60. The van der Waals surface area contributed by atoms with Crippen molar-refractivity contribution in [3.63, 3.8) is 0 Å². The van der Waals surface area contributed by atoms with Crippen LogP contribution in [0.5, 0.6) is 0 Å². The fourth-order valence-electron chi connectivity index (χ4n) is 4.73. The van der Waals surface area contributed by atoms with Gasteiger partial charge in [0.15, 0.2) is 0 Å². The van der Waals surface area contributed by atoms with E-state index in [-0.39, 0.29) is 12.3 Å². The average Bonchev–Trinajstić information content (AvgIpc) is 2.99. The molecule has 3 atom stereocenters. The molecule has 2 heterocycles. The summed E-state index contributed by atoms with van der Waals surface area (Å²) in [5, 5.41) is 10.8. The number of hydrogen-bond acceptors (Lipinski definition) is 7. The third-order valence-electron chi connectivity index (χ3n) is 7.46. The highest BCUT2D eigenvalue weighted by Gasteiger charge is 2.32. The number of Topliss-reactive ketones (excluding diaryl/α,β-unsaturated/α-hetero) is 1. The fourth-order valence-corrected chi connectivity index (χ4v) is 4.73. The van der Waals surface area contributed by atoms with Crippen molar-refractivity contribution in [2.24, 2.45) is 11.8 Å². The topological polar surface area (TPSA) is 150 Å². The number of hydrogen-bond donors (Lipinski definition) is 4. The molecule has 1 aromatic carbocycles. The first-order chi connectivity index (χ1) is 20.0. The van der Waals surface area contributed by atoms with Crippen LogP contribution in [0.1, 0.15) is 49.5 Å². The van der Waals surface area contributed by atoms with Crippen molar-refractivity contribution in [1.29, 1.82) is 0 Å². The smallest absolute Gasteiger partial charge is 0.289 e. The van der Waals surface area contributed by atoms with E-state index < -0.39 is 47.5 Å². The van der Waals surface area contributed by atoms with Crippen LogP contribution >= 0.6 is 0 Å². The van der Waals surface area contributed by atoms with E-state index in [1.807, 2.05) is 30.3 Å². The number of ketones is 1. The van der Waals surface area contributed by atoms with Gasteiger partial charge in [-0.1, -0.05) is 44.2 Å². The Hall–Kier alpha value is -4.12. The van der Waals surface area contributed by atoms with Crippen LogP contribution in [0.2, 0.25) is 0 Å². The minimum atomic E-state index is -1.05. The van der Waals surface area contributed by atoms with Crippen LogP contribution < -0.4 is 21.3 Å². The van der Waals surface area contributed by atoms with Crippen LogP contribution in [0.15, 0.2) is 54.9 Å². The number of nitrogens with one attached hydrogen (secondary N) is 4. The van der Waals surface area contributed by atoms with E-state index in [1.54, 1.807) is 13.8 Å². The van der Waals surface area contributed by atoms with E-state index in [9.17, 15) is 24.0 Å². The molecule has 11 nitrogen and oxygen atoms in total. The third-order valence-corrected chi connectivity index (χ3v) is 7.46. The van der Waals surface area contributed by atoms with Gasteiger partial charge in [0.05, 0.1) is 6.04 Å².